The van der Waals surface area contributed by atoms with Gasteiger partial charge in [0.15, 0.2) is 5.76 Å². The van der Waals surface area contributed by atoms with Gasteiger partial charge < -0.3 is 20.0 Å². The number of hydrazine groups is 1. The van der Waals surface area contributed by atoms with Gasteiger partial charge in [-0.3, -0.25) is 5.01 Å². The van der Waals surface area contributed by atoms with E-state index < -0.39 is 0 Å². The van der Waals surface area contributed by atoms with Crippen LogP contribution >= 0.6 is 11.6 Å². The van der Waals surface area contributed by atoms with E-state index in [1.165, 1.54) is 0 Å². The molecule has 2 N–H and O–H groups in total. The molecule has 0 radical (unpaired) electrons. The predicted molar refractivity (Wildman–Crippen MR) is 94.7 cm³/mol. The highest BCUT2D eigenvalue weighted by molar-refractivity contribution is 6.31. The Labute approximate surface area is 148 Å². The van der Waals surface area contributed by atoms with E-state index in [1.807, 2.05) is 35.5 Å². The highest BCUT2D eigenvalue weighted by atomic mass is 35.5. The number of ether oxygens (including phenoxy) is 2. The molecule has 1 aliphatic heterocycles. The monoisotopic (exact) mass is 352 g/mol. The molecule has 1 aromatic rings. The molecule has 0 bridgehead atoms. The van der Waals surface area contributed by atoms with Crippen LogP contribution in [0.2, 0.25) is 0 Å². The average molecular weight is 353 g/mol. The third-order valence-corrected chi connectivity index (χ3v) is 3.71. The number of allylic oxidation sites excluding steroid dienone is 1. The summed E-state index contributed by atoms with van der Waals surface area (Å²) in [6.45, 7) is 7.52. The Kier molecular flexibility index (Phi) is 6.54. The van der Waals surface area contributed by atoms with Crippen LogP contribution in [0.4, 0.5) is 0 Å². The number of rotatable bonds is 7. The highest BCUT2D eigenvalue weighted by Crippen LogP contribution is 2.24. The first-order valence-corrected chi connectivity index (χ1v) is 8.30. The second-order valence-electron chi connectivity index (χ2n) is 6.54. The molecular formula is C18H25ClN2O3. The maximum absolute atomic E-state index is 8.74. The number of aliphatic hydroxyl groups excluding tert-OH is 1. The fourth-order valence-electron chi connectivity index (χ4n) is 2.13. The lowest BCUT2D eigenvalue weighted by molar-refractivity contribution is 0.0814. The molecule has 0 saturated carbocycles. The van der Waals surface area contributed by atoms with Crippen LogP contribution in [0.25, 0.3) is 0 Å². The van der Waals surface area contributed by atoms with Crippen molar-refractivity contribution in [1.82, 2.24) is 10.4 Å². The Hall–Kier alpha value is -1.69. The lowest BCUT2D eigenvalue weighted by atomic mass is 10.1. The van der Waals surface area contributed by atoms with Gasteiger partial charge in [0, 0.05) is 6.20 Å². The number of benzene rings is 1. The molecule has 1 aliphatic rings. The number of halogens is 1. The molecule has 1 heterocycles. The molecule has 0 spiro atoms. The number of hydrogen-bond acceptors (Lipinski definition) is 5. The van der Waals surface area contributed by atoms with E-state index in [0.29, 0.717) is 30.6 Å². The van der Waals surface area contributed by atoms with E-state index in [4.69, 9.17) is 26.2 Å². The van der Waals surface area contributed by atoms with Gasteiger partial charge in [0.1, 0.15) is 11.6 Å². The summed E-state index contributed by atoms with van der Waals surface area (Å²) in [5.74, 6) is 0.610. The van der Waals surface area contributed by atoms with Crippen LogP contribution in [0.15, 0.2) is 47.5 Å². The topological polar surface area (TPSA) is 54.0 Å². The van der Waals surface area contributed by atoms with E-state index >= 15 is 0 Å². The largest absolute Gasteiger partial charge is 0.486 e. The van der Waals surface area contributed by atoms with Crippen molar-refractivity contribution in [2.45, 2.75) is 39.5 Å². The minimum Gasteiger partial charge on any atom is -0.486 e. The molecule has 0 amide bonds. The zero-order chi connectivity index (χ0) is 17.6. The normalized spacial score (nSPS) is 14.8. The molecule has 6 heteroatoms. The second-order valence-corrected chi connectivity index (χ2v) is 6.95. The quantitative estimate of drug-likeness (QED) is 0.738. The van der Waals surface area contributed by atoms with Gasteiger partial charge in [0.2, 0.25) is 0 Å². The molecule has 0 unspecified atom stereocenters. The van der Waals surface area contributed by atoms with Crippen LogP contribution in [-0.2, 0) is 22.7 Å². The van der Waals surface area contributed by atoms with Crippen LogP contribution in [0.5, 0.6) is 0 Å². The third kappa shape index (κ3) is 5.44. The Morgan fingerprint density at radius 1 is 1.21 bits per heavy atom. The van der Waals surface area contributed by atoms with Gasteiger partial charge in [-0.1, -0.05) is 35.9 Å². The number of nitrogens with one attached hydrogen (secondary N) is 1. The Bertz CT molecular complexity index is 609. The van der Waals surface area contributed by atoms with Crippen LogP contribution in [0, 0.1) is 0 Å². The first kappa shape index (κ1) is 18.6. The summed E-state index contributed by atoms with van der Waals surface area (Å²) < 4.78 is 11.1. The molecule has 0 aliphatic carbocycles. The number of nitrogens with zero attached hydrogens (tertiary/aromatic N) is 1. The van der Waals surface area contributed by atoms with E-state index in [2.05, 4.69) is 26.2 Å². The van der Waals surface area contributed by atoms with Crippen molar-refractivity contribution in [3.8, 4) is 0 Å². The molecule has 24 heavy (non-hydrogen) atoms. The third-order valence-electron chi connectivity index (χ3n) is 3.43. The van der Waals surface area contributed by atoms with Gasteiger partial charge in [-0.15, -0.1) is 0 Å². The van der Waals surface area contributed by atoms with Crippen molar-refractivity contribution in [3.63, 3.8) is 0 Å². The summed E-state index contributed by atoms with van der Waals surface area (Å²) in [6, 6.07) is 7.96. The van der Waals surface area contributed by atoms with E-state index in [1.54, 1.807) is 6.20 Å². The Balaban J connectivity index is 1.91. The van der Waals surface area contributed by atoms with Gasteiger partial charge in [-0.2, -0.15) is 0 Å². The van der Waals surface area contributed by atoms with Crippen molar-refractivity contribution in [2.75, 3.05) is 13.2 Å². The Morgan fingerprint density at radius 3 is 2.54 bits per heavy atom. The zero-order valence-corrected chi connectivity index (χ0v) is 15.1. The molecule has 0 aromatic heterocycles. The first-order chi connectivity index (χ1) is 11.4. The summed E-state index contributed by atoms with van der Waals surface area (Å²) in [5.41, 5.74) is 5.16. The Morgan fingerprint density at radius 2 is 1.92 bits per heavy atom. The van der Waals surface area contributed by atoms with E-state index in [0.717, 1.165) is 11.1 Å². The van der Waals surface area contributed by atoms with Crippen LogP contribution in [-0.4, -0.2) is 28.9 Å². The molecule has 0 saturated heterocycles. The fraction of sp³-hybridized carbons (Fsp3) is 0.444. The number of aliphatic hydroxyl groups is 1. The standard InChI is InChI=1S/C18H25ClN2O3/c1-18(2,3)21-11-16(19)17(10-20-21)24-13-15-6-4-5-14(9-15)12-23-8-7-22/h4-6,9-11,20,22H,7-8,12-13H2,1-3H3. The van der Waals surface area contributed by atoms with Gasteiger partial charge in [-0.05, 0) is 31.9 Å². The summed E-state index contributed by atoms with van der Waals surface area (Å²) in [6.07, 6.45) is 3.60. The van der Waals surface area contributed by atoms with Crippen molar-refractivity contribution >= 4 is 11.6 Å². The van der Waals surface area contributed by atoms with Crippen LogP contribution in [0.1, 0.15) is 31.9 Å². The molecule has 1 aromatic carbocycles. The minimum atomic E-state index is -0.0783. The SMILES string of the molecule is CC(C)(C)N1C=C(Cl)C(OCc2cccc(COCCO)c2)=CN1. The summed E-state index contributed by atoms with van der Waals surface area (Å²) >= 11 is 6.31. The van der Waals surface area contributed by atoms with Crippen molar-refractivity contribution < 1.29 is 14.6 Å². The first-order valence-electron chi connectivity index (χ1n) is 7.93. The maximum Gasteiger partial charge on any atom is 0.157 e. The summed E-state index contributed by atoms with van der Waals surface area (Å²) in [5, 5.41) is 11.2. The van der Waals surface area contributed by atoms with Gasteiger partial charge >= 0.3 is 0 Å². The maximum atomic E-state index is 8.74. The zero-order valence-electron chi connectivity index (χ0n) is 14.4. The second kappa shape index (κ2) is 8.42. The van der Waals surface area contributed by atoms with Gasteiger partial charge in [0.05, 0.1) is 31.6 Å². The summed E-state index contributed by atoms with van der Waals surface area (Å²) in [4.78, 5) is 0. The highest BCUT2D eigenvalue weighted by Gasteiger charge is 2.22. The molecule has 2 rings (SSSR count). The van der Waals surface area contributed by atoms with Crippen LogP contribution in [0.3, 0.4) is 0 Å². The smallest absolute Gasteiger partial charge is 0.157 e. The van der Waals surface area contributed by atoms with Gasteiger partial charge in [-0.25, -0.2) is 0 Å². The average Bonchev–Trinajstić information content (AvgIpc) is 2.53. The van der Waals surface area contributed by atoms with E-state index in [-0.39, 0.29) is 12.1 Å². The molecular weight excluding hydrogens is 328 g/mol. The van der Waals surface area contributed by atoms with Crippen molar-refractivity contribution in [3.05, 3.63) is 58.6 Å². The predicted octanol–water partition coefficient (Wildman–Crippen LogP) is 3.25. The van der Waals surface area contributed by atoms with Crippen molar-refractivity contribution in [2.24, 2.45) is 0 Å². The summed E-state index contributed by atoms with van der Waals surface area (Å²) in [7, 11) is 0. The fourth-order valence-corrected chi connectivity index (χ4v) is 2.34. The van der Waals surface area contributed by atoms with Crippen molar-refractivity contribution in [1.29, 1.82) is 0 Å². The van der Waals surface area contributed by atoms with Gasteiger partial charge in [0.25, 0.3) is 0 Å². The van der Waals surface area contributed by atoms with E-state index in [9.17, 15) is 0 Å². The number of hydrogen-bond donors (Lipinski definition) is 2. The molecule has 132 valence electrons. The lowest BCUT2D eigenvalue weighted by Crippen LogP contribution is -2.46. The minimum absolute atomic E-state index is 0.0281. The molecule has 0 fully saturated rings. The molecule has 0 atom stereocenters. The molecule has 5 nitrogen and oxygen atoms in total. The van der Waals surface area contributed by atoms with Crippen LogP contribution < -0.4 is 5.43 Å². The lowest BCUT2D eigenvalue weighted by Gasteiger charge is -2.36.